The lowest BCUT2D eigenvalue weighted by molar-refractivity contribution is 0.599. The Morgan fingerprint density at radius 1 is 1.26 bits per heavy atom. The number of nitrogens with zero attached hydrogens (tertiary/aromatic N) is 3. The van der Waals surface area contributed by atoms with Gasteiger partial charge in [-0.05, 0) is 51.3 Å². The van der Waals surface area contributed by atoms with Crippen LogP contribution in [0.5, 0.6) is 0 Å². The van der Waals surface area contributed by atoms with E-state index in [9.17, 15) is 0 Å². The minimum absolute atomic E-state index is 0. The quantitative estimate of drug-likeness (QED) is 0.216. The van der Waals surface area contributed by atoms with Crippen LogP contribution in [-0.4, -0.2) is 28.6 Å². The van der Waals surface area contributed by atoms with E-state index in [1.54, 1.807) is 0 Å². The topological polar surface area (TPSA) is 54.2 Å². The molecule has 2 aromatic rings. The first-order valence-electron chi connectivity index (χ1n) is 8.98. The molecule has 5 nitrogen and oxygen atoms in total. The zero-order valence-electron chi connectivity index (χ0n) is 16.0. The summed E-state index contributed by atoms with van der Waals surface area (Å²) in [6.45, 7) is 8.73. The van der Waals surface area contributed by atoms with Crippen LogP contribution in [-0.2, 0) is 6.54 Å². The highest BCUT2D eigenvalue weighted by atomic mass is 127. The molecule has 8 heteroatoms. The predicted molar refractivity (Wildman–Crippen MR) is 126 cm³/mol. The van der Waals surface area contributed by atoms with E-state index in [1.807, 2.05) is 37.5 Å². The number of unbranched alkanes of at least 4 members (excludes halogenated alkanes) is 1. The van der Waals surface area contributed by atoms with Crippen LogP contribution in [0.25, 0.3) is 0 Å². The number of benzene rings is 1. The zero-order valence-corrected chi connectivity index (χ0v) is 19.8. The summed E-state index contributed by atoms with van der Waals surface area (Å²) in [5.74, 6) is 1.86. The van der Waals surface area contributed by atoms with Gasteiger partial charge in [-0.2, -0.15) is 0 Å². The standard InChI is InChI=1S/C19H27Cl2N5.HI/c1-4-22-19(24-9-5-6-11-26-12-10-23-15(26)3)25-14(2)16-7-8-17(20)18(21)13-16;/h7-8,10,12-14H,4-6,9,11H2,1-3H3,(H2,22,24,25);1H. The minimum atomic E-state index is 0. The normalized spacial score (nSPS) is 12.4. The van der Waals surface area contributed by atoms with Gasteiger partial charge in [0, 0.05) is 32.0 Å². The van der Waals surface area contributed by atoms with Gasteiger partial charge in [0.25, 0.3) is 0 Å². The van der Waals surface area contributed by atoms with Gasteiger partial charge < -0.3 is 15.2 Å². The molecule has 0 spiro atoms. The molecule has 0 amide bonds. The first-order chi connectivity index (χ1) is 12.5. The molecule has 2 rings (SSSR count). The van der Waals surface area contributed by atoms with Crippen molar-refractivity contribution in [1.29, 1.82) is 0 Å². The Bertz CT molecular complexity index is 733. The number of halogens is 3. The highest BCUT2D eigenvalue weighted by Gasteiger charge is 2.09. The van der Waals surface area contributed by atoms with E-state index >= 15 is 0 Å². The lowest BCUT2D eigenvalue weighted by Crippen LogP contribution is -2.38. The van der Waals surface area contributed by atoms with E-state index in [4.69, 9.17) is 23.2 Å². The second-order valence-corrected chi connectivity index (χ2v) is 6.99. The Balaban J connectivity index is 0.00000364. The Hall–Kier alpha value is -0.990. The summed E-state index contributed by atoms with van der Waals surface area (Å²) < 4.78 is 2.17. The van der Waals surface area contributed by atoms with Crippen LogP contribution in [0, 0.1) is 6.92 Å². The van der Waals surface area contributed by atoms with E-state index < -0.39 is 0 Å². The second kappa shape index (κ2) is 12.5. The molecular formula is C19H28Cl2IN5. The highest BCUT2D eigenvalue weighted by Crippen LogP contribution is 2.25. The number of rotatable bonds is 8. The summed E-state index contributed by atoms with van der Waals surface area (Å²) >= 11 is 12.1. The van der Waals surface area contributed by atoms with Gasteiger partial charge in [-0.15, -0.1) is 24.0 Å². The number of aromatic nitrogens is 2. The molecule has 0 saturated heterocycles. The van der Waals surface area contributed by atoms with Crippen LogP contribution in [0.15, 0.2) is 35.6 Å². The third kappa shape index (κ3) is 7.87. The predicted octanol–water partition coefficient (Wildman–Crippen LogP) is 5.21. The van der Waals surface area contributed by atoms with Gasteiger partial charge in [-0.3, -0.25) is 4.99 Å². The van der Waals surface area contributed by atoms with Crippen molar-refractivity contribution in [2.45, 2.75) is 46.2 Å². The molecule has 0 radical (unpaired) electrons. The summed E-state index contributed by atoms with van der Waals surface area (Å²) in [5, 5.41) is 7.83. The lowest BCUT2D eigenvalue weighted by atomic mass is 10.1. The SMILES string of the molecule is CCNC(=NCCCCn1ccnc1C)NC(C)c1ccc(Cl)c(Cl)c1.I. The molecule has 150 valence electrons. The molecule has 1 atom stereocenters. The van der Waals surface area contributed by atoms with Crippen LogP contribution < -0.4 is 10.6 Å². The van der Waals surface area contributed by atoms with Crippen molar-refractivity contribution >= 4 is 53.1 Å². The van der Waals surface area contributed by atoms with Crippen molar-refractivity contribution in [1.82, 2.24) is 20.2 Å². The van der Waals surface area contributed by atoms with Gasteiger partial charge in [0.15, 0.2) is 5.96 Å². The number of aryl methyl sites for hydroxylation is 2. The molecule has 1 unspecified atom stereocenters. The number of guanidine groups is 1. The maximum absolute atomic E-state index is 6.12. The summed E-state index contributed by atoms with van der Waals surface area (Å²) in [6, 6.07) is 5.76. The van der Waals surface area contributed by atoms with Gasteiger partial charge in [0.1, 0.15) is 5.82 Å². The van der Waals surface area contributed by atoms with Crippen LogP contribution >= 0.6 is 47.2 Å². The van der Waals surface area contributed by atoms with E-state index in [0.29, 0.717) is 10.0 Å². The maximum Gasteiger partial charge on any atom is 0.191 e. The average molecular weight is 524 g/mol. The van der Waals surface area contributed by atoms with Gasteiger partial charge in [-0.1, -0.05) is 29.3 Å². The molecule has 0 saturated carbocycles. The van der Waals surface area contributed by atoms with Crippen molar-refractivity contribution in [2.75, 3.05) is 13.1 Å². The highest BCUT2D eigenvalue weighted by molar-refractivity contribution is 14.0. The lowest BCUT2D eigenvalue weighted by Gasteiger charge is -2.18. The third-order valence-corrected chi connectivity index (χ3v) is 4.88. The first-order valence-corrected chi connectivity index (χ1v) is 9.74. The third-order valence-electron chi connectivity index (χ3n) is 4.14. The first kappa shape index (κ1) is 24.0. The van der Waals surface area contributed by atoms with Crippen LogP contribution in [0.4, 0.5) is 0 Å². The summed E-state index contributed by atoms with van der Waals surface area (Å²) in [5.41, 5.74) is 1.07. The average Bonchev–Trinajstić information content (AvgIpc) is 3.02. The molecule has 1 aromatic heterocycles. The molecule has 0 aliphatic carbocycles. The number of hydrogen-bond donors (Lipinski definition) is 2. The molecule has 0 aliphatic heterocycles. The van der Waals surface area contributed by atoms with E-state index in [-0.39, 0.29) is 30.0 Å². The van der Waals surface area contributed by atoms with Crippen molar-refractivity contribution in [3.8, 4) is 0 Å². The molecule has 0 bridgehead atoms. The summed E-state index contributed by atoms with van der Waals surface area (Å²) in [4.78, 5) is 8.91. The molecule has 1 aromatic carbocycles. The molecular weight excluding hydrogens is 496 g/mol. The smallest absolute Gasteiger partial charge is 0.191 e. The monoisotopic (exact) mass is 523 g/mol. The maximum atomic E-state index is 6.12. The molecule has 1 heterocycles. The number of nitrogens with one attached hydrogen (secondary N) is 2. The largest absolute Gasteiger partial charge is 0.357 e. The Morgan fingerprint density at radius 3 is 2.67 bits per heavy atom. The molecule has 0 aliphatic rings. The van der Waals surface area contributed by atoms with Crippen molar-refractivity contribution < 1.29 is 0 Å². The molecule has 2 N–H and O–H groups in total. The summed E-state index contributed by atoms with van der Waals surface area (Å²) in [6.07, 6.45) is 5.95. The van der Waals surface area contributed by atoms with Crippen molar-refractivity contribution in [2.24, 2.45) is 4.99 Å². The number of hydrogen-bond acceptors (Lipinski definition) is 2. The van der Waals surface area contributed by atoms with Crippen molar-refractivity contribution in [3.05, 3.63) is 52.0 Å². The Morgan fingerprint density at radius 2 is 2.04 bits per heavy atom. The fraction of sp³-hybridized carbons (Fsp3) is 0.474. The van der Waals surface area contributed by atoms with E-state index in [0.717, 1.165) is 49.8 Å². The van der Waals surface area contributed by atoms with E-state index in [1.165, 1.54) is 0 Å². The zero-order chi connectivity index (χ0) is 18.9. The fourth-order valence-corrected chi connectivity index (χ4v) is 2.92. The minimum Gasteiger partial charge on any atom is -0.357 e. The fourth-order valence-electron chi connectivity index (χ4n) is 2.62. The summed E-state index contributed by atoms with van der Waals surface area (Å²) in [7, 11) is 0. The number of imidazole rings is 1. The van der Waals surface area contributed by atoms with Gasteiger partial charge in [0.05, 0.1) is 16.1 Å². The van der Waals surface area contributed by atoms with Crippen LogP contribution in [0.1, 0.15) is 44.1 Å². The van der Waals surface area contributed by atoms with E-state index in [2.05, 4.69) is 39.0 Å². The van der Waals surface area contributed by atoms with Crippen LogP contribution in [0.2, 0.25) is 10.0 Å². The number of aliphatic imine (C=N–C) groups is 1. The second-order valence-electron chi connectivity index (χ2n) is 6.18. The van der Waals surface area contributed by atoms with Gasteiger partial charge >= 0.3 is 0 Å². The molecule has 27 heavy (non-hydrogen) atoms. The van der Waals surface area contributed by atoms with Crippen LogP contribution in [0.3, 0.4) is 0 Å². The Labute approximate surface area is 189 Å². The van der Waals surface area contributed by atoms with Gasteiger partial charge in [-0.25, -0.2) is 4.98 Å². The Kier molecular flexibility index (Phi) is 11.1. The van der Waals surface area contributed by atoms with Gasteiger partial charge in [0.2, 0.25) is 0 Å². The van der Waals surface area contributed by atoms with Crippen molar-refractivity contribution in [3.63, 3.8) is 0 Å². The molecule has 0 fully saturated rings.